The summed E-state index contributed by atoms with van der Waals surface area (Å²) in [7, 11) is -0.368. The fourth-order valence-electron chi connectivity index (χ4n) is 1.86. The maximum absolute atomic E-state index is 11.8. The Labute approximate surface area is 95.7 Å². The van der Waals surface area contributed by atoms with Gasteiger partial charge in [0.1, 0.15) is 0 Å². The highest BCUT2D eigenvalue weighted by Crippen LogP contribution is 2.41. The molecule has 1 aliphatic rings. The Hall–Kier alpha value is -0.180. The lowest BCUT2D eigenvalue weighted by Crippen LogP contribution is -2.41. The van der Waals surface area contributed by atoms with Gasteiger partial charge in [-0.3, -0.25) is 4.79 Å². The molecular weight excluding hydrogens is 206 g/mol. The van der Waals surface area contributed by atoms with Crippen molar-refractivity contribution >= 4 is 15.9 Å². The predicted molar refractivity (Wildman–Crippen MR) is 69.9 cm³/mol. The highest BCUT2D eigenvalue weighted by molar-refractivity contribution is 8.32. The van der Waals surface area contributed by atoms with E-state index in [1.807, 2.05) is 0 Å². The molecule has 90 valence electrons. The normalized spacial score (nSPS) is 22.5. The van der Waals surface area contributed by atoms with E-state index in [4.69, 9.17) is 0 Å². The highest BCUT2D eigenvalue weighted by Gasteiger charge is 2.23. The molecule has 1 rings (SSSR count). The molecule has 0 aromatic heterocycles. The van der Waals surface area contributed by atoms with Crippen molar-refractivity contribution in [2.75, 3.05) is 37.1 Å². The van der Waals surface area contributed by atoms with Crippen molar-refractivity contribution in [2.24, 2.45) is 0 Å². The summed E-state index contributed by atoms with van der Waals surface area (Å²) in [5, 5.41) is 0. The zero-order valence-electron chi connectivity index (χ0n) is 10.4. The van der Waals surface area contributed by atoms with E-state index in [0.29, 0.717) is 5.91 Å². The van der Waals surface area contributed by atoms with Gasteiger partial charge in [-0.05, 0) is 30.4 Å². The SMILES string of the molecule is CCCCCC(=O)N1CCS(C)(C)CC1. The third-order valence-electron chi connectivity index (χ3n) is 3.17. The van der Waals surface area contributed by atoms with E-state index in [2.05, 4.69) is 24.3 Å². The maximum Gasteiger partial charge on any atom is 0.222 e. The van der Waals surface area contributed by atoms with Crippen LogP contribution < -0.4 is 0 Å². The van der Waals surface area contributed by atoms with Gasteiger partial charge in [0, 0.05) is 19.5 Å². The topological polar surface area (TPSA) is 20.3 Å². The lowest BCUT2D eigenvalue weighted by atomic mass is 10.2. The van der Waals surface area contributed by atoms with Crippen LogP contribution in [-0.2, 0) is 4.79 Å². The van der Waals surface area contributed by atoms with Crippen molar-refractivity contribution in [3.8, 4) is 0 Å². The predicted octanol–water partition coefficient (Wildman–Crippen LogP) is 2.47. The van der Waals surface area contributed by atoms with Gasteiger partial charge in [0.25, 0.3) is 0 Å². The van der Waals surface area contributed by atoms with E-state index < -0.39 is 0 Å². The van der Waals surface area contributed by atoms with Gasteiger partial charge in [0.05, 0.1) is 0 Å². The molecule has 1 aliphatic heterocycles. The first-order chi connectivity index (χ1) is 7.05. The van der Waals surface area contributed by atoms with Gasteiger partial charge in [0.15, 0.2) is 0 Å². The summed E-state index contributed by atoms with van der Waals surface area (Å²) in [6, 6.07) is 0. The smallest absolute Gasteiger partial charge is 0.222 e. The Morgan fingerprint density at radius 3 is 2.33 bits per heavy atom. The summed E-state index contributed by atoms with van der Waals surface area (Å²) in [5.74, 6) is 2.87. The van der Waals surface area contributed by atoms with Crippen LogP contribution in [0.1, 0.15) is 32.6 Å². The second-order valence-corrected chi connectivity index (χ2v) is 9.36. The van der Waals surface area contributed by atoms with Crippen LogP contribution in [0.2, 0.25) is 0 Å². The molecule has 0 aliphatic carbocycles. The standard InChI is InChI=1S/C12H25NOS/c1-4-5-6-7-12(14)13-8-10-15(2,3)11-9-13/h4-11H2,1-3H3. The molecule has 2 nitrogen and oxygen atoms in total. The van der Waals surface area contributed by atoms with Crippen molar-refractivity contribution in [1.82, 2.24) is 4.90 Å². The number of carbonyl (C=O) groups is 1. The van der Waals surface area contributed by atoms with E-state index in [-0.39, 0.29) is 10.0 Å². The first-order valence-electron chi connectivity index (χ1n) is 6.01. The number of hydrogen-bond donors (Lipinski definition) is 0. The minimum Gasteiger partial charge on any atom is -0.341 e. The lowest BCUT2D eigenvalue weighted by Gasteiger charge is -2.41. The van der Waals surface area contributed by atoms with Gasteiger partial charge >= 0.3 is 0 Å². The van der Waals surface area contributed by atoms with Crippen LogP contribution in [0.25, 0.3) is 0 Å². The van der Waals surface area contributed by atoms with Crippen molar-refractivity contribution in [2.45, 2.75) is 32.6 Å². The molecule has 1 amide bonds. The Bertz CT molecular complexity index is 206. The largest absolute Gasteiger partial charge is 0.341 e. The van der Waals surface area contributed by atoms with Crippen molar-refractivity contribution < 1.29 is 4.79 Å². The first-order valence-corrected chi connectivity index (χ1v) is 8.80. The number of hydrogen-bond acceptors (Lipinski definition) is 1. The van der Waals surface area contributed by atoms with Gasteiger partial charge in [-0.1, -0.05) is 19.8 Å². The lowest BCUT2D eigenvalue weighted by molar-refractivity contribution is -0.130. The quantitative estimate of drug-likeness (QED) is 0.681. The Kier molecular flexibility index (Phi) is 4.97. The highest BCUT2D eigenvalue weighted by atomic mass is 32.3. The molecule has 0 bridgehead atoms. The van der Waals surface area contributed by atoms with E-state index in [9.17, 15) is 4.79 Å². The third-order valence-corrected chi connectivity index (χ3v) is 5.75. The van der Waals surface area contributed by atoms with Gasteiger partial charge in [-0.2, -0.15) is 0 Å². The summed E-state index contributed by atoms with van der Waals surface area (Å²) >= 11 is 0. The molecule has 15 heavy (non-hydrogen) atoms. The van der Waals surface area contributed by atoms with Gasteiger partial charge < -0.3 is 4.90 Å². The summed E-state index contributed by atoms with van der Waals surface area (Å²) in [4.78, 5) is 13.9. The van der Waals surface area contributed by atoms with Crippen LogP contribution in [0.15, 0.2) is 0 Å². The molecule has 0 aromatic carbocycles. The van der Waals surface area contributed by atoms with Crippen LogP contribution in [0.3, 0.4) is 0 Å². The van der Waals surface area contributed by atoms with E-state index in [1.54, 1.807) is 0 Å². The first kappa shape index (κ1) is 12.9. The van der Waals surface area contributed by atoms with Crippen molar-refractivity contribution in [3.05, 3.63) is 0 Å². The number of amides is 1. The zero-order valence-corrected chi connectivity index (χ0v) is 11.2. The molecule has 3 heteroatoms. The monoisotopic (exact) mass is 231 g/mol. The van der Waals surface area contributed by atoms with Gasteiger partial charge in [-0.25, -0.2) is 10.0 Å². The molecule has 0 N–H and O–H groups in total. The molecular formula is C12H25NOS. The maximum atomic E-state index is 11.8. The molecule has 1 saturated heterocycles. The van der Waals surface area contributed by atoms with Crippen molar-refractivity contribution in [1.29, 1.82) is 0 Å². The number of unbranched alkanes of at least 4 members (excludes halogenated alkanes) is 2. The minimum absolute atomic E-state index is 0.368. The van der Waals surface area contributed by atoms with Gasteiger partial charge in [0.2, 0.25) is 5.91 Å². The van der Waals surface area contributed by atoms with E-state index >= 15 is 0 Å². The average Bonchev–Trinajstić information content (AvgIpc) is 2.18. The second-order valence-electron chi connectivity index (χ2n) is 5.01. The van der Waals surface area contributed by atoms with Crippen LogP contribution in [0, 0.1) is 0 Å². The summed E-state index contributed by atoms with van der Waals surface area (Å²) in [5.41, 5.74) is 0. The number of rotatable bonds is 4. The molecule has 0 aromatic rings. The number of carbonyl (C=O) groups excluding carboxylic acids is 1. The second kappa shape index (κ2) is 5.78. The zero-order chi connectivity index (χ0) is 11.3. The number of nitrogens with zero attached hydrogens (tertiary/aromatic N) is 1. The van der Waals surface area contributed by atoms with E-state index in [0.717, 1.165) is 25.9 Å². The summed E-state index contributed by atoms with van der Waals surface area (Å²) in [6.45, 7) is 4.19. The Morgan fingerprint density at radius 2 is 1.80 bits per heavy atom. The average molecular weight is 231 g/mol. The molecule has 0 saturated carbocycles. The minimum atomic E-state index is -0.368. The molecule has 0 spiro atoms. The van der Waals surface area contributed by atoms with Crippen molar-refractivity contribution in [3.63, 3.8) is 0 Å². The molecule has 0 unspecified atom stereocenters. The summed E-state index contributed by atoms with van der Waals surface area (Å²) in [6.07, 6.45) is 8.99. The fraction of sp³-hybridized carbons (Fsp3) is 0.917. The molecule has 0 atom stereocenters. The van der Waals surface area contributed by atoms with Gasteiger partial charge in [-0.15, -0.1) is 0 Å². The van der Waals surface area contributed by atoms with E-state index in [1.165, 1.54) is 24.3 Å². The molecule has 1 heterocycles. The molecule has 0 radical (unpaired) electrons. The van der Waals surface area contributed by atoms with Crippen LogP contribution in [-0.4, -0.2) is 47.9 Å². The Morgan fingerprint density at radius 1 is 1.20 bits per heavy atom. The third kappa shape index (κ3) is 4.45. The fourth-order valence-corrected chi connectivity index (χ4v) is 3.50. The van der Waals surface area contributed by atoms with Crippen LogP contribution >= 0.6 is 10.0 Å². The summed E-state index contributed by atoms with van der Waals surface area (Å²) < 4.78 is 0. The Balaban J connectivity index is 2.24. The molecule has 1 fully saturated rings. The van der Waals surface area contributed by atoms with Crippen LogP contribution in [0.4, 0.5) is 0 Å². The van der Waals surface area contributed by atoms with Crippen LogP contribution in [0.5, 0.6) is 0 Å².